The number of carboxylic acids is 1. The lowest BCUT2D eigenvalue weighted by Gasteiger charge is -2.23. The average molecular weight is 761 g/mol. The summed E-state index contributed by atoms with van der Waals surface area (Å²) >= 11 is 3.91. The number of carbonyl (C=O) groups excluding carboxylic acids is 9. The molecule has 0 spiro atoms. The summed E-state index contributed by atoms with van der Waals surface area (Å²) < 4.78 is 0. The first-order valence-corrected chi connectivity index (χ1v) is 16.9. The molecule has 0 aliphatic rings. The molecule has 0 saturated carbocycles. The fourth-order valence-corrected chi connectivity index (χ4v) is 3.86. The zero-order valence-corrected chi connectivity index (χ0v) is 31.4. The van der Waals surface area contributed by atoms with E-state index in [-0.39, 0.29) is 5.75 Å². The second-order valence-electron chi connectivity index (χ2n) is 12.2. The number of thiol groups is 1. The highest BCUT2D eigenvalue weighted by molar-refractivity contribution is 7.80. The van der Waals surface area contributed by atoms with Gasteiger partial charge in [0.15, 0.2) is 0 Å². The molecule has 0 aromatic heterocycles. The topological polar surface area (TPSA) is 325 Å². The van der Waals surface area contributed by atoms with Crippen molar-refractivity contribution in [2.24, 2.45) is 5.73 Å². The van der Waals surface area contributed by atoms with Crippen LogP contribution in [0, 0.1) is 0 Å². The summed E-state index contributed by atoms with van der Waals surface area (Å²) in [7, 11) is 0. The van der Waals surface area contributed by atoms with Crippen LogP contribution in [0.4, 0.5) is 0 Å². The first-order chi connectivity index (χ1) is 23.9. The van der Waals surface area contributed by atoms with Gasteiger partial charge in [-0.05, 0) is 62.3 Å². The van der Waals surface area contributed by atoms with Crippen LogP contribution in [0.5, 0.6) is 0 Å². The molecule has 0 aliphatic carbocycles. The van der Waals surface area contributed by atoms with Gasteiger partial charge in [-0.25, -0.2) is 0 Å². The van der Waals surface area contributed by atoms with Gasteiger partial charge < -0.3 is 58.7 Å². The molecule has 0 bridgehead atoms. The maximum atomic E-state index is 12.7. The van der Waals surface area contributed by atoms with Crippen LogP contribution < -0.4 is 53.6 Å². The fourth-order valence-electron chi connectivity index (χ4n) is 3.70. The molecule has 10 atom stereocenters. The summed E-state index contributed by atoms with van der Waals surface area (Å²) in [6.45, 7) is 11.9. The van der Waals surface area contributed by atoms with E-state index in [0.717, 1.165) is 0 Å². The third kappa shape index (κ3) is 16.4. The number of hydrogen-bond acceptors (Lipinski definition) is 12. The van der Waals surface area contributed by atoms with E-state index in [1.54, 1.807) is 0 Å². The molecule has 294 valence electrons. The van der Waals surface area contributed by atoms with Gasteiger partial charge in [-0.1, -0.05) is 0 Å². The summed E-state index contributed by atoms with van der Waals surface area (Å²) in [5.74, 6) is -7.83. The van der Waals surface area contributed by atoms with E-state index in [9.17, 15) is 47.9 Å². The minimum absolute atomic E-state index is 0.0591. The maximum Gasteiger partial charge on any atom is 0.325 e. The van der Waals surface area contributed by atoms with Crippen molar-refractivity contribution >= 4 is 71.8 Å². The van der Waals surface area contributed by atoms with Crippen LogP contribution in [-0.4, -0.2) is 130 Å². The van der Waals surface area contributed by atoms with Crippen LogP contribution in [0.15, 0.2) is 0 Å². The Morgan fingerprint density at radius 2 is 0.538 bits per heavy atom. The molecule has 12 N–H and O–H groups in total. The first-order valence-electron chi connectivity index (χ1n) is 16.3. The molecule has 21 nitrogen and oxygen atoms in total. The van der Waals surface area contributed by atoms with E-state index >= 15 is 0 Å². The number of aliphatic carboxylic acids is 1. The zero-order valence-electron chi connectivity index (χ0n) is 30.5. The molecule has 0 saturated heterocycles. The van der Waals surface area contributed by atoms with E-state index in [1.165, 1.54) is 62.3 Å². The molecule has 0 radical (unpaired) electrons. The number of nitrogens with two attached hydrogens (primary N) is 1. The molecule has 9 amide bonds. The number of carbonyl (C=O) groups is 10. The molecule has 0 aliphatic heterocycles. The van der Waals surface area contributed by atoms with Crippen molar-refractivity contribution in [2.75, 3.05) is 5.75 Å². The minimum Gasteiger partial charge on any atom is -0.480 e. The van der Waals surface area contributed by atoms with Gasteiger partial charge in [0.05, 0.1) is 6.04 Å². The van der Waals surface area contributed by atoms with Crippen molar-refractivity contribution in [2.45, 2.75) is 123 Å². The normalized spacial score (nSPS) is 16.5. The Morgan fingerprint density at radius 3 is 0.692 bits per heavy atom. The second kappa shape index (κ2) is 22.1. The van der Waals surface area contributed by atoms with Gasteiger partial charge in [-0.15, -0.1) is 0 Å². The predicted molar refractivity (Wildman–Crippen MR) is 188 cm³/mol. The largest absolute Gasteiger partial charge is 0.480 e. The Balaban J connectivity index is 4.86. The van der Waals surface area contributed by atoms with Crippen molar-refractivity contribution in [3.05, 3.63) is 0 Å². The van der Waals surface area contributed by atoms with Gasteiger partial charge in [-0.2, -0.15) is 12.6 Å². The van der Waals surface area contributed by atoms with Crippen LogP contribution in [0.2, 0.25) is 0 Å². The maximum absolute atomic E-state index is 12.7. The monoisotopic (exact) mass is 760 g/mol. The van der Waals surface area contributed by atoms with Crippen molar-refractivity contribution in [1.29, 1.82) is 0 Å². The van der Waals surface area contributed by atoms with Crippen LogP contribution in [0.1, 0.15) is 62.3 Å². The van der Waals surface area contributed by atoms with E-state index in [2.05, 4.69) is 60.5 Å². The minimum atomic E-state index is -1.27. The lowest BCUT2D eigenvalue weighted by molar-refractivity contribution is -0.141. The van der Waals surface area contributed by atoms with Crippen molar-refractivity contribution in [3.63, 3.8) is 0 Å². The summed E-state index contributed by atoms with van der Waals surface area (Å²) in [4.78, 5) is 123. The van der Waals surface area contributed by atoms with Crippen LogP contribution in [-0.2, 0) is 47.9 Å². The van der Waals surface area contributed by atoms with Gasteiger partial charge in [0, 0.05) is 5.75 Å². The van der Waals surface area contributed by atoms with Gasteiger partial charge in [0.25, 0.3) is 0 Å². The number of rotatable bonds is 20. The Morgan fingerprint density at radius 1 is 0.385 bits per heavy atom. The summed E-state index contributed by atoms with van der Waals surface area (Å²) in [5, 5.41) is 30.1. The predicted octanol–water partition coefficient (Wildman–Crippen LogP) is -5.13. The van der Waals surface area contributed by atoms with E-state index < -0.39 is 120 Å². The van der Waals surface area contributed by atoms with Crippen molar-refractivity contribution in [3.8, 4) is 0 Å². The van der Waals surface area contributed by atoms with Gasteiger partial charge >= 0.3 is 5.97 Å². The van der Waals surface area contributed by atoms with E-state index in [0.29, 0.717) is 0 Å². The summed E-state index contributed by atoms with van der Waals surface area (Å²) in [6.07, 6.45) is 0. The number of carboxylic acid groups (broad SMARTS) is 1. The highest BCUT2D eigenvalue weighted by Crippen LogP contribution is 1.96. The summed E-state index contributed by atoms with van der Waals surface area (Å²) in [5.41, 5.74) is 5.56. The summed E-state index contributed by atoms with van der Waals surface area (Å²) in [6, 6.07) is -11.2. The molecule has 52 heavy (non-hydrogen) atoms. The lowest BCUT2D eigenvalue weighted by Crippen LogP contribution is -2.58. The zero-order chi connectivity index (χ0) is 40.6. The molecule has 22 heteroatoms. The van der Waals surface area contributed by atoms with Crippen LogP contribution in [0.25, 0.3) is 0 Å². The second-order valence-corrected chi connectivity index (χ2v) is 12.6. The number of nitrogens with one attached hydrogen (secondary N) is 9. The van der Waals surface area contributed by atoms with Crippen molar-refractivity contribution < 1.29 is 53.1 Å². The Labute approximate surface area is 306 Å². The fraction of sp³-hybridized carbons (Fsp3) is 0.667. The average Bonchev–Trinajstić information content (AvgIpc) is 3.06. The Hall–Kier alpha value is -4.99. The third-order valence-electron chi connectivity index (χ3n) is 7.28. The molecular weight excluding hydrogens is 708 g/mol. The highest BCUT2D eigenvalue weighted by atomic mass is 32.1. The Bertz CT molecular complexity index is 1370. The molecule has 0 aromatic rings. The van der Waals surface area contributed by atoms with Crippen LogP contribution >= 0.6 is 12.6 Å². The van der Waals surface area contributed by atoms with Gasteiger partial charge in [-0.3, -0.25) is 47.9 Å². The van der Waals surface area contributed by atoms with E-state index in [1.807, 2.05) is 0 Å². The molecule has 0 rings (SSSR count). The first kappa shape index (κ1) is 47.0. The third-order valence-corrected chi connectivity index (χ3v) is 7.67. The smallest absolute Gasteiger partial charge is 0.325 e. The van der Waals surface area contributed by atoms with Crippen molar-refractivity contribution in [1.82, 2.24) is 47.9 Å². The molecule has 0 fully saturated rings. The molecule has 0 aromatic carbocycles. The van der Waals surface area contributed by atoms with Crippen LogP contribution in [0.3, 0.4) is 0 Å². The number of hydrogen-bond donors (Lipinski definition) is 12. The standard InChI is InChI=1S/C30H52N10O11S/c1-11(22(42)34-13(3)24(44)36-15(5)26(46)38-17(7)28(48)40-19(9)30(50)51)32-21(41)12(2)33-23(43)14(4)35-25(45)16(6)37-27(47)18(8)39-29(49)20(31)10-52/h11-20,52H,10,31H2,1-9H3,(H,32,41)(H,33,43)(H,34,42)(H,35,45)(H,36,44)(H,37,47)(H,38,46)(H,39,49)(H,40,48)(H,50,51)/t11-,12-,13-,14-,15-,16-,17-,18-,19-,20-/m0/s1. The van der Waals surface area contributed by atoms with E-state index in [4.69, 9.17) is 10.8 Å². The van der Waals surface area contributed by atoms with Gasteiger partial charge in [0.1, 0.15) is 54.4 Å². The van der Waals surface area contributed by atoms with Gasteiger partial charge in [0.2, 0.25) is 53.2 Å². The number of amides is 9. The SMILES string of the molecule is C[C@H](NC(=O)[C@H](C)NC(=O)[C@H](C)NC(=O)[C@H](C)NC(=O)[C@H](C)NC(=O)[C@H](C)NC(=O)[C@H](C)NC(=O)[C@H](C)NC(=O)[C@H](C)NC(=O)[C@@H](N)CS)C(=O)O. The molecule has 0 unspecified atom stereocenters. The lowest BCUT2D eigenvalue weighted by atomic mass is 10.2. The molecular formula is C30H52N10O11S. The molecule has 0 heterocycles. The Kier molecular flexibility index (Phi) is 19.9. The quantitative estimate of drug-likeness (QED) is 0.0519. The highest BCUT2D eigenvalue weighted by Gasteiger charge is 2.29.